The molecule has 0 spiro atoms. The summed E-state index contributed by atoms with van der Waals surface area (Å²) in [6.07, 6.45) is 0. The van der Waals surface area contributed by atoms with Gasteiger partial charge in [-0.25, -0.2) is 0 Å². The number of rotatable bonds is 5. The van der Waals surface area contributed by atoms with Crippen molar-refractivity contribution in [1.29, 1.82) is 0 Å². The number of ether oxygens (including phenoxy) is 2. The minimum absolute atomic E-state index is 0.0153. The summed E-state index contributed by atoms with van der Waals surface area (Å²) in [7, 11) is 1.63. The van der Waals surface area contributed by atoms with E-state index in [9.17, 15) is 0 Å². The van der Waals surface area contributed by atoms with Crippen LogP contribution in [-0.2, 0) is 13.2 Å². The number of methoxy groups -OCH3 is 1. The van der Waals surface area contributed by atoms with Crippen LogP contribution in [0.3, 0.4) is 0 Å². The van der Waals surface area contributed by atoms with E-state index in [1.165, 1.54) is 0 Å². The normalized spacial score (nSPS) is 10.3. The molecule has 0 atom stereocenters. The molecule has 1 N–H and O–H groups in total. The minimum Gasteiger partial charge on any atom is -0.496 e. The molecular weight excluding hydrogens is 240 g/mol. The first-order valence-electron chi connectivity index (χ1n) is 6.19. The molecule has 0 amide bonds. The fourth-order valence-electron chi connectivity index (χ4n) is 1.91. The maximum Gasteiger partial charge on any atom is 0.125 e. The number of aliphatic hydroxyl groups is 1. The lowest BCUT2D eigenvalue weighted by Gasteiger charge is -2.12. The van der Waals surface area contributed by atoms with Gasteiger partial charge in [0.15, 0.2) is 0 Å². The highest BCUT2D eigenvalue weighted by Gasteiger charge is 2.05. The summed E-state index contributed by atoms with van der Waals surface area (Å²) in [6, 6.07) is 13.5. The predicted octanol–water partition coefficient (Wildman–Crippen LogP) is 3.07. The Balaban J connectivity index is 2.14. The Morgan fingerprint density at radius 1 is 1.11 bits per heavy atom. The Morgan fingerprint density at radius 3 is 2.63 bits per heavy atom. The molecule has 0 saturated heterocycles. The largest absolute Gasteiger partial charge is 0.496 e. The average Bonchev–Trinajstić information content (AvgIpc) is 2.45. The molecule has 0 saturated carbocycles. The molecule has 0 aliphatic carbocycles. The summed E-state index contributed by atoms with van der Waals surface area (Å²) in [5.74, 6) is 1.60. The lowest BCUT2D eigenvalue weighted by molar-refractivity contribution is 0.278. The second-order valence-corrected chi connectivity index (χ2v) is 4.41. The van der Waals surface area contributed by atoms with E-state index >= 15 is 0 Å². The highest BCUT2D eigenvalue weighted by atomic mass is 16.5. The predicted molar refractivity (Wildman–Crippen MR) is 74.4 cm³/mol. The van der Waals surface area contributed by atoms with E-state index in [-0.39, 0.29) is 6.61 Å². The molecule has 0 unspecified atom stereocenters. The van der Waals surface area contributed by atoms with Crippen molar-refractivity contribution in [2.45, 2.75) is 20.1 Å². The maximum atomic E-state index is 9.17. The van der Waals surface area contributed by atoms with Gasteiger partial charge in [0.25, 0.3) is 0 Å². The quantitative estimate of drug-likeness (QED) is 0.895. The van der Waals surface area contributed by atoms with Crippen molar-refractivity contribution >= 4 is 0 Å². The number of benzene rings is 2. The fourth-order valence-corrected chi connectivity index (χ4v) is 1.91. The topological polar surface area (TPSA) is 38.7 Å². The summed E-state index contributed by atoms with van der Waals surface area (Å²) in [5.41, 5.74) is 2.94. The lowest BCUT2D eigenvalue weighted by Crippen LogP contribution is -2.00. The van der Waals surface area contributed by atoms with Crippen molar-refractivity contribution in [1.82, 2.24) is 0 Å². The van der Waals surface area contributed by atoms with E-state index in [2.05, 4.69) is 0 Å². The van der Waals surface area contributed by atoms with Crippen LogP contribution in [0.1, 0.15) is 16.7 Å². The molecule has 0 aromatic heterocycles. The number of aryl methyl sites for hydroxylation is 1. The van der Waals surface area contributed by atoms with Gasteiger partial charge in [-0.05, 0) is 42.3 Å². The van der Waals surface area contributed by atoms with Crippen LogP contribution in [0.15, 0.2) is 42.5 Å². The first-order valence-corrected chi connectivity index (χ1v) is 6.19. The van der Waals surface area contributed by atoms with Gasteiger partial charge in [0.2, 0.25) is 0 Å². The molecule has 0 bridgehead atoms. The van der Waals surface area contributed by atoms with Crippen LogP contribution in [0, 0.1) is 6.92 Å². The van der Waals surface area contributed by atoms with E-state index in [0.717, 1.165) is 28.2 Å². The first kappa shape index (κ1) is 13.4. The number of hydrogen-bond donors (Lipinski definition) is 1. The van der Waals surface area contributed by atoms with Gasteiger partial charge < -0.3 is 14.6 Å². The third kappa shape index (κ3) is 3.48. The van der Waals surface area contributed by atoms with Crippen LogP contribution in [0.4, 0.5) is 0 Å². The molecule has 2 aromatic carbocycles. The van der Waals surface area contributed by atoms with Gasteiger partial charge >= 0.3 is 0 Å². The molecule has 19 heavy (non-hydrogen) atoms. The summed E-state index contributed by atoms with van der Waals surface area (Å²) < 4.78 is 11.0. The monoisotopic (exact) mass is 258 g/mol. The van der Waals surface area contributed by atoms with Crippen molar-refractivity contribution in [3.05, 3.63) is 59.2 Å². The van der Waals surface area contributed by atoms with Gasteiger partial charge in [-0.1, -0.05) is 18.2 Å². The molecular formula is C16H18O3. The third-order valence-electron chi connectivity index (χ3n) is 2.91. The van der Waals surface area contributed by atoms with Crippen molar-refractivity contribution < 1.29 is 14.6 Å². The van der Waals surface area contributed by atoms with Crippen LogP contribution in [0.2, 0.25) is 0 Å². The second-order valence-electron chi connectivity index (χ2n) is 4.41. The molecule has 3 nitrogen and oxygen atoms in total. The van der Waals surface area contributed by atoms with Crippen LogP contribution in [0.25, 0.3) is 0 Å². The standard InChI is InChI=1S/C16H18O3/c1-12-4-3-5-15(8-12)19-11-14-9-13(10-17)6-7-16(14)18-2/h3-9,17H,10-11H2,1-2H3. The van der Waals surface area contributed by atoms with E-state index in [1.54, 1.807) is 7.11 Å². The summed E-state index contributed by atoms with van der Waals surface area (Å²) in [6.45, 7) is 2.46. The molecule has 0 fully saturated rings. The Morgan fingerprint density at radius 2 is 1.95 bits per heavy atom. The molecule has 2 aromatic rings. The Hall–Kier alpha value is -2.00. The van der Waals surface area contributed by atoms with Gasteiger partial charge in [-0.2, -0.15) is 0 Å². The molecule has 0 aliphatic rings. The molecule has 0 aliphatic heterocycles. The van der Waals surface area contributed by atoms with Gasteiger partial charge in [0, 0.05) is 5.56 Å². The number of hydrogen-bond acceptors (Lipinski definition) is 3. The average molecular weight is 258 g/mol. The van der Waals surface area contributed by atoms with E-state index < -0.39 is 0 Å². The summed E-state index contributed by atoms with van der Waals surface area (Å²) >= 11 is 0. The number of aliphatic hydroxyl groups excluding tert-OH is 1. The zero-order valence-electron chi connectivity index (χ0n) is 11.2. The Labute approximate surface area is 113 Å². The molecule has 0 heterocycles. The van der Waals surface area contributed by atoms with Crippen molar-refractivity contribution in [2.75, 3.05) is 7.11 Å². The first-order chi connectivity index (χ1) is 9.22. The van der Waals surface area contributed by atoms with E-state index in [0.29, 0.717) is 6.61 Å². The highest BCUT2D eigenvalue weighted by molar-refractivity contribution is 5.37. The van der Waals surface area contributed by atoms with Crippen molar-refractivity contribution in [3.63, 3.8) is 0 Å². The van der Waals surface area contributed by atoms with E-state index in [1.807, 2.05) is 49.4 Å². The summed E-state index contributed by atoms with van der Waals surface area (Å²) in [5, 5.41) is 9.17. The third-order valence-corrected chi connectivity index (χ3v) is 2.91. The van der Waals surface area contributed by atoms with E-state index in [4.69, 9.17) is 14.6 Å². The second kappa shape index (κ2) is 6.25. The maximum absolute atomic E-state index is 9.17. The van der Waals surface area contributed by atoms with Crippen LogP contribution >= 0.6 is 0 Å². The Bertz CT molecular complexity index is 549. The highest BCUT2D eigenvalue weighted by Crippen LogP contribution is 2.22. The molecule has 100 valence electrons. The smallest absolute Gasteiger partial charge is 0.125 e. The Kier molecular flexibility index (Phi) is 4.42. The zero-order chi connectivity index (χ0) is 13.7. The van der Waals surface area contributed by atoms with Gasteiger partial charge in [-0.3, -0.25) is 0 Å². The van der Waals surface area contributed by atoms with Crippen LogP contribution in [-0.4, -0.2) is 12.2 Å². The van der Waals surface area contributed by atoms with Crippen molar-refractivity contribution in [3.8, 4) is 11.5 Å². The van der Waals surface area contributed by atoms with Gasteiger partial charge in [-0.15, -0.1) is 0 Å². The van der Waals surface area contributed by atoms with Crippen LogP contribution < -0.4 is 9.47 Å². The fraction of sp³-hybridized carbons (Fsp3) is 0.250. The van der Waals surface area contributed by atoms with Gasteiger partial charge in [0.05, 0.1) is 13.7 Å². The van der Waals surface area contributed by atoms with Crippen LogP contribution in [0.5, 0.6) is 11.5 Å². The SMILES string of the molecule is COc1ccc(CO)cc1COc1cccc(C)c1. The molecule has 0 radical (unpaired) electrons. The minimum atomic E-state index is 0.0153. The molecule has 2 rings (SSSR count). The lowest BCUT2D eigenvalue weighted by atomic mass is 10.1. The summed E-state index contributed by atoms with van der Waals surface area (Å²) in [4.78, 5) is 0. The molecule has 3 heteroatoms. The van der Waals surface area contributed by atoms with Crippen molar-refractivity contribution in [2.24, 2.45) is 0 Å². The zero-order valence-corrected chi connectivity index (χ0v) is 11.2. The van der Waals surface area contributed by atoms with Gasteiger partial charge in [0.1, 0.15) is 18.1 Å².